The molecule has 1 aliphatic rings. The maximum Gasteiger partial charge on any atom is 0.407 e. The van der Waals surface area contributed by atoms with Crippen molar-refractivity contribution in [3.63, 3.8) is 0 Å². The number of benzene rings is 3. The molecule has 4 rings (SSSR count). The van der Waals surface area contributed by atoms with E-state index in [-0.39, 0.29) is 12.5 Å². The van der Waals surface area contributed by atoms with Crippen molar-refractivity contribution >= 4 is 29.6 Å². The van der Waals surface area contributed by atoms with Gasteiger partial charge in [-0.05, 0) is 46.9 Å². The van der Waals surface area contributed by atoms with Crippen molar-refractivity contribution in [3.8, 4) is 11.1 Å². The minimum atomic E-state index is -1.29. The number of amides is 2. The number of alkyl carbamates (subject to hydrolysis) is 1. The molecule has 2 amide bonds. The van der Waals surface area contributed by atoms with Crippen LogP contribution in [0.4, 0.5) is 4.79 Å². The Morgan fingerprint density at radius 2 is 1.49 bits per heavy atom. The molecule has 0 aromatic heterocycles. The molecule has 0 fully saturated rings. The number of halogens is 1. The van der Waals surface area contributed by atoms with Crippen molar-refractivity contribution in [2.75, 3.05) is 6.61 Å². The molecule has 7 nitrogen and oxygen atoms in total. The van der Waals surface area contributed by atoms with E-state index in [1.807, 2.05) is 48.5 Å². The number of fused-ring (bicyclic) bond motifs is 3. The van der Waals surface area contributed by atoms with Crippen LogP contribution in [0.15, 0.2) is 72.8 Å². The lowest BCUT2D eigenvalue weighted by Crippen LogP contribution is -2.48. The van der Waals surface area contributed by atoms with E-state index in [4.69, 9.17) is 16.3 Å². The quantitative estimate of drug-likeness (QED) is 0.415. The summed E-state index contributed by atoms with van der Waals surface area (Å²) in [4.78, 5) is 36.7. The molecule has 0 radical (unpaired) electrons. The number of rotatable bonds is 8. The zero-order chi connectivity index (χ0) is 24.9. The molecule has 0 saturated carbocycles. The number of carbonyl (C=O) groups excluding carboxylic acids is 2. The van der Waals surface area contributed by atoms with Crippen LogP contribution in [-0.4, -0.2) is 35.7 Å². The zero-order valence-corrected chi connectivity index (χ0v) is 19.8. The molecule has 1 unspecified atom stereocenters. The fraction of sp³-hybridized carbons (Fsp3) is 0.222. The third-order valence-electron chi connectivity index (χ3n) is 6.06. The van der Waals surface area contributed by atoms with Gasteiger partial charge in [-0.1, -0.05) is 72.3 Å². The van der Waals surface area contributed by atoms with Crippen molar-refractivity contribution < 1.29 is 24.2 Å². The highest BCUT2D eigenvalue weighted by atomic mass is 35.5. The van der Waals surface area contributed by atoms with Crippen molar-refractivity contribution in [1.82, 2.24) is 10.6 Å². The van der Waals surface area contributed by atoms with Gasteiger partial charge < -0.3 is 20.5 Å². The highest BCUT2D eigenvalue weighted by Crippen LogP contribution is 2.44. The average molecular weight is 493 g/mol. The van der Waals surface area contributed by atoms with Gasteiger partial charge in [-0.2, -0.15) is 0 Å². The van der Waals surface area contributed by atoms with Crippen LogP contribution in [0.1, 0.15) is 42.0 Å². The number of carbonyl (C=O) groups is 3. The number of hydrogen-bond donors (Lipinski definition) is 3. The first-order valence-electron chi connectivity index (χ1n) is 11.2. The lowest BCUT2D eigenvalue weighted by atomic mass is 9.98. The summed E-state index contributed by atoms with van der Waals surface area (Å²) in [5, 5.41) is 15.0. The summed E-state index contributed by atoms with van der Waals surface area (Å²) in [6, 6.07) is 21.1. The molecule has 3 aromatic carbocycles. The van der Waals surface area contributed by atoms with Gasteiger partial charge in [-0.3, -0.25) is 9.59 Å². The van der Waals surface area contributed by atoms with Gasteiger partial charge in [0.05, 0.1) is 12.5 Å². The summed E-state index contributed by atoms with van der Waals surface area (Å²) in [6.45, 7) is 1.81. The Morgan fingerprint density at radius 1 is 0.914 bits per heavy atom. The lowest BCUT2D eigenvalue weighted by molar-refractivity contribution is -0.140. The summed E-state index contributed by atoms with van der Waals surface area (Å²) in [6.07, 6.45) is -1.43. The van der Waals surface area contributed by atoms with E-state index < -0.39 is 36.5 Å². The van der Waals surface area contributed by atoms with Gasteiger partial charge in [0.2, 0.25) is 5.91 Å². The molecule has 0 aliphatic heterocycles. The summed E-state index contributed by atoms with van der Waals surface area (Å²) >= 11 is 5.91. The Balaban J connectivity index is 1.40. The second kappa shape index (κ2) is 10.6. The number of nitrogens with one attached hydrogen (secondary N) is 2. The van der Waals surface area contributed by atoms with Gasteiger partial charge in [-0.25, -0.2) is 4.79 Å². The fourth-order valence-electron chi connectivity index (χ4n) is 4.32. The number of aliphatic carboxylic acids is 1. The monoisotopic (exact) mass is 492 g/mol. The first-order chi connectivity index (χ1) is 16.8. The van der Waals surface area contributed by atoms with Crippen molar-refractivity contribution in [1.29, 1.82) is 0 Å². The topological polar surface area (TPSA) is 105 Å². The Kier molecular flexibility index (Phi) is 7.36. The van der Waals surface area contributed by atoms with E-state index >= 15 is 0 Å². The summed E-state index contributed by atoms with van der Waals surface area (Å²) in [5.74, 6) is -1.99. The third-order valence-corrected chi connectivity index (χ3v) is 6.31. The maximum atomic E-state index is 12.8. The molecular weight excluding hydrogens is 468 g/mol. The molecule has 2 atom stereocenters. The molecule has 3 aromatic rings. The van der Waals surface area contributed by atoms with Crippen LogP contribution in [0.2, 0.25) is 5.02 Å². The minimum Gasteiger partial charge on any atom is -0.481 e. The van der Waals surface area contributed by atoms with Crippen LogP contribution in [0.3, 0.4) is 0 Å². The van der Waals surface area contributed by atoms with Crippen molar-refractivity contribution in [2.24, 2.45) is 0 Å². The molecule has 0 bridgehead atoms. The van der Waals surface area contributed by atoms with E-state index in [1.54, 1.807) is 31.2 Å². The van der Waals surface area contributed by atoms with Gasteiger partial charge in [-0.15, -0.1) is 0 Å². The van der Waals surface area contributed by atoms with Crippen LogP contribution >= 0.6 is 11.6 Å². The molecular formula is C27H25ClN2O5. The normalized spacial score (nSPS) is 13.8. The molecule has 3 N–H and O–H groups in total. The van der Waals surface area contributed by atoms with Crippen LogP contribution in [0.25, 0.3) is 11.1 Å². The molecule has 35 heavy (non-hydrogen) atoms. The molecule has 1 aliphatic carbocycles. The molecule has 0 spiro atoms. The van der Waals surface area contributed by atoms with Crippen LogP contribution in [0.5, 0.6) is 0 Å². The molecule has 8 heteroatoms. The summed E-state index contributed by atoms with van der Waals surface area (Å²) < 4.78 is 5.47. The Bertz CT molecular complexity index is 1200. The number of carboxylic acids is 1. The molecule has 0 saturated heterocycles. The number of ether oxygens (including phenoxy) is 1. The number of hydrogen-bond acceptors (Lipinski definition) is 4. The summed E-state index contributed by atoms with van der Waals surface area (Å²) in [5.41, 5.74) is 5.09. The zero-order valence-electron chi connectivity index (χ0n) is 19.0. The second-order valence-electron chi connectivity index (χ2n) is 8.40. The maximum absolute atomic E-state index is 12.8. The fourth-order valence-corrected chi connectivity index (χ4v) is 4.44. The van der Waals surface area contributed by atoms with Crippen molar-refractivity contribution in [2.45, 2.75) is 31.3 Å². The third kappa shape index (κ3) is 5.63. The van der Waals surface area contributed by atoms with Gasteiger partial charge in [0.15, 0.2) is 0 Å². The van der Waals surface area contributed by atoms with Gasteiger partial charge >= 0.3 is 12.1 Å². The van der Waals surface area contributed by atoms with E-state index in [1.165, 1.54) is 0 Å². The minimum absolute atomic E-state index is 0.0580. The SMILES string of the molecule is C[C@@H](NC(=O)C(CC(=O)O)NC(=O)OCC1c2ccccc2-c2ccccc21)c1ccc(Cl)cc1. The molecule has 0 heterocycles. The van der Waals surface area contributed by atoms with Crippen LogP contribution in [0, 0.1) is 0 Å². The van der Waals surface area contributed by atoms with Gasteiger partial charge in [0.25, 0.3) is 0 Å². The predicted octanol–water partition coefficient (Wildman–Crippen LogP) is 4.90. The van der Waals surface area contributed by atoms with Crippen molar-refractivity contribution in [3.05, 3.63) is 94.5 Å². The molecule has 180 valence electrons. The van der Waals surface area contributed by atoms with Gasteiger partial charge in [0, 0.05) is 10.9 Å². The Hall–Kier alpha value is -3.84. The van der Waals surface area contributed by atoms with Crippen LogP contribution in [-0.2, 0) is 14.3 Å². The largest absolute Gasteiger partial charge is 0.481 e. The van der Waals surface area contributed by atoms with E-state index in [9.17, 15) is 19.5 Å². The van der Waals surface area contributed by atoms with E-state index in [0.29, 0.717) is 5.02 Å². The highest BCUT2D eigenvalue weighted by molar-refractivity contribution is 6.30. The Morgan fingerprint density at radius 3 is 2.06 bits per heavy atom. The first kappa shape index (κ1) is 24.3. The summed E-state index contributed by atoms with van der Waals surface area (Å²) in [7, 11) is 0. The first-order valence-corrected chi connectivity index (χ1v) is 11.6. The van der Waals surface area contributed by atoms with Gasteiger partial charge in [0.1, 0.15) is 12.6 Å². The predicted molar refractivity (Wildman–Crippen MR) is 132 cm³/mol. The standard InChI is InChI=1S/C27H25ClN2O5/c1-16(17-10-12-18(28)13-11-17)29-26(33)24(14-25(31)32)30-27(34)35-15-23-21-8-4-2-6-19(21)20-7-3-5-9-22(20)23/h2-13,16,23-24H,14-15H2,1H3,(H,29,33)(H,30,34)(H,31,32)/t16-,24?/m1/s1. The lowest BCUT2D eigenvalue weighted by Gasteiger charge is -2.21. The van der Waals surface area contributed by atoms with E-state index in [2.05, 4.69) is 10.6 Å². The smallest absolute Gasteiger partial charge is 0.407 e. The Labute approximate surface area is 208 Å². The second-order valence-corrected chi connectivity index (χ2v) is 8.84. The van der Waals surface area contributed by atoms with Crippen LogP contribution < -0.4 is 10.6 Å². The number of carboxylic acid groups (broad SMARTS) is 1. The average Bonchev–Trinajstić information content (AvgIpc) is 3.16. The van der Waals surface area contributed by atoms with E-state index in [0.717, 1.165) is 27.8 Å². The highest BCUT2D eigenvalue weighted by Gasteiger charge is 2.30.